The first-order chi connectivity index (χ1) is 9.09. The highest BCUT2D eigenvalue weighted by atomic mass is 35.5. The molecule has 0 bridgehead atoms. The third kappa shape index (κ3) is 1.94. The number of anilines is 1. The summed E-state index contributed by atoms with van der Waals surface area (Å²) in [5.41, 5.74) is 8.06. The second-order valence-electron chi connectivity index (χ2n) is 3.99. The number of fused-ring (bicyclic) bond motifs is 1. The van der Waals surface area contributed by atoms with Crippen LogP contribution in [0.25, 0.3) is 16.7 Å². The van der Waals surface area contributed by atoms with Crippen LogP contribution in [0.15, 0.2) is 36.4 Å². The van der Waals surface area contributed by atoms with Crippen molar-refractivity contribution in [2.45, 2.75) is 0 Å². The molecule has 2 aromatic carbocycles. The Morgan fingerprint density at radius 2 is 1.63 bits per heavy atom. The van der Waals surface area contributed by atoms with Crippen molar-refractivity contribution in [2.75, 3.05) is 5.73 Å². The molecule has 3 rings (SSSR count). The van der Waals surface area contributed by atoms with E-state index >= 15 is 0 Å². The number of imidazole rings is 1. The molecule has 0 spiro atoms. The van der Waals surface area contributed by atoms with Crippen LogP contribution in [0.2, 0.25) is 15.1 Å². The Labute approximate surface area is 124 Å². The normalized spacial score (nSPS) is 11.1. The zero-order valence-electron chi connectivity index (χ0n) is 9.57. The number of benzene rings is 2. The number of rotatable bonds is 1. The fourth-order valence-corrected chi connectivity index (χ4v) is 2.59. The molecule has 1 aromatic heterocycles. The minimum absolute atomic E-state index is 0.312. The second kappa shape index (κ2) is 4.60. The molecule has 0 atom stereocenters. The molecule has 0 saturated carbocycles. The fraction of sp³-hybridized carbons (Fsp3) is 0. The van der Waals surface area contributed by atoms with Gasteiger partial charge in [0.15, 0.2) is 0 Å². The van der Waals surface area contributed by atoms with E-state index in [0.717, 1.165) is 5.52 Å². The lowest BCUT2D eigenvalue weighted by molar-refractivity contribution is 1.11. The van der Waals surface area contributed by atoms with Gasteiger partial charge in [-0.1, -0.05) is 46.9 Å². The number of nitrogen functional groups attached to an aromatic ring is 1. The summed E-state index contributed by atoms with van der Waals surface area (Å²) in [5, 5.41) is 1.43. The van der Waals surface area contributed by atoms with Crippen LogP contribution in [0.4, 0.5) is 5.95 Å². The second-order valence-corrected chi connectivity index (χ2v) is 5.18. The van der Waals surface area contributed by atoms with Crippen LogP contribution in [0.1, 0.15) is 0 Å². The number of hydrogen-bond acceptors (Lipinski definition) is 2. The molecule has 0 aliphatic rings. The van der Waals surface area contributed by atoms with Crippen LogP contribution in [-0.4, -0.2) is 9.55 Å². The highest BCUT2D eigenvalue weighted by molar-refractivity contribution is 6.43. The maximum Gasteiger partial charge on any atom is 0.206 e. The van der Waals surface area contributed by atoms with Crippen LogP contribution in [0, 0.1) is 0 Å². The zero-order valence-corrected chi connectivity index (χ0v) is 11.8. The van der Waals surface area contributed by atoms with Gasteiger partial charge in [-0.2, -0.15) is 0 Å². The van der Waals surface area contributed by atoms with Crippen molar-refractivity contribution in [1.29, 1.82) is 0 Å². The molecule has 0 fully saturated rings. The van der Waals surface area contributed by atoms with Gasteiger partial charge in [0.05, 0.1) is 26.3 Å². The van der Waals surface area contributed by atoms with Crippen molar-refractivity contribution in [3.05, 3.63) is 51.5 Å². The monoisotopic (exact) mass is 311 g/mol. The Kier molecular flexibility index (Phi) is 3.05. The van der Waals surface area contributed by atoms with Gasteiger partial charge in [0.2, 0.25) is 5.95 Å². The smallest absolute Gasteiger partial charge is 0.206 e. The molecule has 0 aliphatic carbocycles. The standard InChI is InChI=1S/C13H8Cl3N3/c14-7-3-1-5-9(11(7)16)19-10-6-2-4-8(15)12(10)18-13(19)17/h1-6H,(H2,17,18). The lowest BCUT2D eigenvalue weighted by Crippen LogP contribution is -2.01. The van der Waals surface area contributed by atoms with Gasteiger partial charge in [-0.25, -0.2) is 4.98 Å². The molecule has 96 valence electrons. The van der Waals surface area contributed by atoms with Gasteiger partial charge in [0, 0.05) is 0 Å². The van der Waals surface area contributed by atoms with Crippen molar-refractivity contribution >= 4 is 51.8 Å². The van der Waals surface area contributed by atoms with Crippen molar-refractivity contribution in [2.24, 2.45) is 0 Å². The van der Waals surface area contributed by atoms with Gasteiger partial charge in [-0.3, -0.25) is 4.57 Å². The molecule has 6 heteroatoms. The number of nitrogens with zero attached hydrogens (tertiary/aromatic N) is 2. The molecule has 0 saturated heterocycles. The third-order valence-electron chi connectivity index (χ3n) is 2.83. The number of para-hydroxylation sites is 1. The van der Waals surface area contributed by atoms with Gasteiger partial charge < -0.3 is 5.73 Å². The minimum atomic E-state index is 0.312. The summed E-state index contributed by atoms with van der Waals surface area (Å²) in [6.45, 7) is 0. The van der Waals surface area contributed by atoms with Gasteiger partial charge >= 0.3 is 0 Å². The molecule has 0 amide bonds. The zero-order chi connectivity index (χ0) is 13.6. The van der Waals surface area contributed by atoms with Crippen LogP contribution >= 0.6 is 34.8 Å². The van der Waals surface area contributed by atoms with Crippen molar-refractivity contribution in [3.8, 4) is 5.69 Å². The number of hydrogen-bond donors (Lipinski definition) is 1. The molecule has 3 nitrogen and oxygen atoms in total. The molecule has 2 N–H and O–H groups in total. The van der Waals surface area contributed by atoms with Crippen molar-refractivity contribution in [3.63, 3.8) is 0 Å². The van der Waals surface area contributed by atoms with Gasteiger partial charge in [-0.05, 0) is 24.3 Å². The Morgan fingerprint density at radius 3 is 2.42 bits per heavy atom. The molecular weight excluding hydrogens is 305 g/mol. The predicted octanol–water partition coefficient (Wildman–Crippen LogP) is 4.57. The quantitative estimate of drug-likeness (QED) is 0.715. The van der Waals surface area contributed by atoms with Crippen LogP contribution in [0.3, 0.4) is 0 Å². The summed E-state index contributed by atoms with van der Waals surface area (Å²) < 4.78 is 1.73. The largest absolute Gasteiger partial charge is 0.369 e. The van der Waals surface area contributed by atoms with E-state index < -0.39 is 0 Å². The van der Waals surface area contributed by atoms with E-state index in [1.165, 1.54) is 0 Å². The molecule has 19 heavy (non-hydrogen) atoms. The van der Waals surface area contributed by atoms with E-state index in [1.54, 1.807) is 22.8 Å². The Hall–Kier alpha value is -1.42. The van der Waals surface area contributed by atoms with E-state index in [2.05, 4.69) is 4.98 Å². The average molecular weight is 313 g/mol. The van der Waals surface area contributed by atoms with Crippen LogP contribution < -0.4 is 5.73 Å². The van der Waals surface area contributed by atoms with E-state index in [9.17, 15) is 0 Å². The minimum Gasteiger partial charge on any atom is -0.369 e. The van der Waals surface area contributed by atoms with E-state index in [-0.39, 0.29) is 0 Å². The highest BCUT2D eigenvalue weighted by Gasteiger charge is 2.15. The summed E-state index contributed by atoms with van der Waals surface area (Å²) in [7, 11) is 0. The molecule has 1 heterocycles. The topological polar surface area (TPSA) is 43.8 Å². The first-order valence-corrected chi connectivity index (χ1v) is 6.60. The van der Waals surface area contributed by atoms with Gasteiger partial charge in [0.1, 0.15) is 5.52 Å². The third-order valence-corrected chi connectivity index (χ3v) is 3.95. The Bertz CT molecular complexity index is 780. The summed E-state index contributed by atoms with van der Waals surface area (Å²) in [4.78, 5) is 4.27. The summed E-state index contributed by atoms with van der Waals surface area (Å²) in [5.74, 6) is 0.312. The molecule has 3 aromatic rings. The molecular formula is C13H8Cl3N3. The SMILES string of the molecule is Nc1nc2c(Cl)cccc2n1-c1cccc(Cl)c1Cl. The van der Waals surface area contributed by atoms with Crippen molar-refractivity contribution in [1.82, 2.24) is 9.55 Å². The van der Waals surface area contributed by atoms with E-state index in [4.69, 9.17) is 40.5 Å². The maximum atomic E-state index is 6.23. The lowest BCUT2D eigenvalue weighted by atomic mass is 10.2. The highest BCUT2D eigenvalue weighted by Crippen LogP contribution is 2.34. The predicted molar refractivity (Wildman–Crippen MR) is 80.5 cm³/mol. The van der Waals surface area contributed by atoms with Gasteiger partial charge in [-0.15, -0.1) is 0 Å². The van der Waals surface area contributed by atoms with Crippen LogP contribution in [-0.2, 0) is 0 Å². The van der Waals surface area contributed by atoms with Crippen molar-refractivity contribution < 1.29 is 0 Å². The molecule has 0 radical (unpaired) electrons. The Balaban J connectivity index is 2.40. The summed E-state index contributed by atoms with van der Waals surface area (Å²) in [6.07, 6.45) is 0. The first-order valence-electron chi connectivity index (χ1n) is 5.46. The lowest BCUT2D eigenvalue weighted by Gasteiger charge is -2.09. The number of aromatic nitrogens is 2. The molecule has 0 unspecified atom stereocenters. The molecule has 0 aliphatic heterocycles. The number of nitrogens with two attached hydrogens (primary N) is 1. The summed E-state index contributed by atoms with van der Waals surface area (Å²) >= 11 is 18.4. The van der Waals surface area contributed by atoms with E-state index in [1.807, 2.05) is 18.2 Å². The number of halogens is 3. The fourth-order valence-electron chi connectivity index (χ4n) is 2.00. The average Bonchev–Trinajstić information content (AvgIpc) is 2.71. The van der Waals surface area contributed by atoms with Gasteiger partial charge in [0.25, 0.3) is 0 Å². The maximum absolute atomic E-state index is 6.23. The van der Waals surface area contributed by atoms with E-state index in [0.29, 0.717) is 32.2 Å². The summed E-state index contributed by atoms with van der Waals surface area (Å²) in [6, 6.07) is 10.8. The van der Waals surface area contributed by atoms with Crippen LogP contribution in [0.5, 0.6) is 0 Å². The Morgan fingerprint density at radius 1 is 0.947 bits per heavy atom. The first kappa shape index (κ1) is 12.6.